The fourth-order valence-electron chi connectivity index (χ4n) is 3.05. The van der Waals surface area contributed by atoms with Crippen LogP contribution >= 0.6 is 0 Å². The zero-order chi connectivity index (χ0) is 18.7. The smallest absolute Gasteiger partial charge is 0.185 e. The zero-order valence-corrected chi connectivity index (χ0v) is 15.8. The predicted molar refractivity (Wildman–Crippen MR) is 106 cm³/mol. The van der Waals surface area contributed by atoms with Crippen molar-refractivity contribution in [3.8, 4) is 11.5 Å². The number of benzene rings is 2. The van der Waals surface area contributed by atoms with E-state index in [-0.39, 0.29) is 11.9 Å². The largest absolute Gasteiger partial charge is 0.493 e. The molecule has 4 heteroatoms. The van der Waals surface area contributed by atoms with Crippen LogP contribution in [0.5, 0.6) is 11.5 Å². The van der Waals surface area contributed by atoms with Crippen molar-refractivity contribution in [2.75, 3.05) is 25.6 Å². The van der Waals surface area contributed by atoms with E-state index in [1.54, 1.807) is 12.2 Å². The molecule has 0 fully saturated rings. The third-order valence-electron chi connectivity index (χ3n) is 4.41. The van der Waals surface area contributed by atoms with Gasteiger partial charge in [-0.2, -0.15) is 0 Å². The van der Waals surface area contributed by atoms with Gasteiger partial charge in [0.2, 0.25) is 0 Å². The van der Waals surface area contributed by atoms with Crippen LogP contribution in [0.25, 0.3) is 6.08 Å². The van der Waals surface area contributed by atoms with Crippen molar-refractivity contribution in [1.29, 1.82) is 0 Å². The van der Waals surface area contributed by atoms with E-state index < -0.39 is 0 Å². The Balaban J connectivity index is 1.83. The van der Waals surface area contributed by atoms with E-state index in [9.17, 15) is 4.79 Å². The predicted octanol–water partition coefficient (Wildman–Crippen LogP) is 4.37. The van der Waals surface area contributed by atoms with E-state index in [0.717, 1.165) is 34.7 Å². The Kier molecular flexibility index (Phi) is 5.31. The van der Waals surface area contributed by atoms with Crippen LogP contribution in [0.4, 0.5) is 5.69 Å². The molecular formula is C22H25NO3. The highest BCUT2D eigenvalue weighted by atomic mass is 16.5. The number of nitrogens with zero attached hydrogens (tertiary/aromatic N) is 1. The van der Waals surface area contributed by atoms with Gasteiger partial charge in [-0.15, -0.1) is 0 Å². The lowest BCUT2D eigenvalue weighted by Crippen LogP contribution is -2.08. The van der Waals surface area contributed by atoms with Crippen molar-refractivity contribution >= 4 is 17.5 Å². The molecule has 1 aliphatic heterocycles. The van der Waals surface area contributed by atoms with Gasteiger partial charge in [0.1, 0.15) is 17.6 Å². The van der Waals surface area contributed by atoms with E-state index >= 15 is 0 Å². The number of carbonyl (C=O) groups is 1. The molecule has 0 aliphatic carbocycles. The van der Waals surface area contributed by atoms with E-state index in [2.05, 4.69) is 6.92 Å². The SMILES string of the molecule is CCOc1cc2c(cc1C=CC(=O)c1ccc(N(C)C)cc1)OC(C)C2. The summed E-state index contributed by atoms with van der Waals surface area (Å²) in [7, 11) is 3.95. The molecule has 26 heavy (non-hydrogen) atoms. The summed E-state index contributed by atoms with van der Waals surface area (Å²) in [6.07, 6.45) is 4.46. The summed E-state index contributed by atoms with van der Waals surface area (Å²) in [6.45, 7) is 4.59. The number of carbonyl (C=O) groups excluding carboxylic acids is 1. The number of ketones is 1. The van der Waals surface area contributed by atoms with E-state index in [1.807, 2.05) is 62.3 Å². The van der Waals surface area contributed by atoms with E-state index in [0.29, 0.717) is 12.2 Å². The summed E-state index contributed by atoms with van der Waals surface area (Å²) in [5, 5.41) is 0. The molecule has 1 aliphatic rings. The van der Waals surface area contributed by atoms with Crippen LogP contribution < -0.4 is 14.4 Å². The van der Waals surface area contributed by atoms with Gasteiger partial charge in [-0.3, -0.25) is 4.79 Å². The maximum atomic E-state index is 12.5. The lowest BCUT2D eigenvalue weighted by Gasteiger charge is -2.12. The summed E-state index contributed by atoms with van der Waals surface area (Å²) in [4.78, 5) is 14.5. The highest BCUT2D eigenvalue weighted by molar-refractivity contribution is 6.07. The Labute approximate surface area is 155 Å². The van der Waals surface area contributed by atoms with Gasteiger partial charge in [-0.25, -0.2) is 0 Å². The third kappa shape index (κ3) is 3.90. The number of ether oxygens (including phenoxy) is 2. The molecule has 0 radical (unpaired) electrons. The highest BCUT2D eigenvalue weighted by Crippen LogP contribution is 2.35. The molecule has 2 aromatic carbocycles. The van der Waals surface area contributed by atoms with Crippen LogP contribution in [-0.4, -0.2) is 32.6 Å². The summed E-state index contributed by atoms with van der Waals surface area (Å²) in [5.41, 5.74) is 3.74. The van der Waals surface area contributed by atoms with Gasteiger partial charge in [0.05, 0.1) is 6.61 Å². The topological polar surface area (TPSA) is 38.8 Å². The second-order valence-electron chi connectivity index (χ2n) is 6.70. The van der Waals surface area contributed by atoms with Crippen molar-refractivity contribution in [2.24, 2.45) is 0 Å². The van der Waals surface area contributed by atoms with Crippen molar-refractivity contribution in [2.45, 2.75) is 26.4 Å². The summed E-state index contributed by atoms with van der Waals surface area (Å²) >= 11 is 0. The lowest BCUT2D eigenvalue weighted by molar-refractivity contribution is 0.104. The van der Waals surface area contributed by atoms with Gasteiger partial charge >= 0.3 is 0 Å². The molecular weight excluding hydrogens is 326 g/mol. The van der Waals surface area contributed by atoms with Crippen LogP contribution in [0, 0.1) is 0 Å². The summed E-state index contributed by atoms with van der Waals surface area (Å²) in [6, 6.07) is 11.6. The second kappa shape index (κ2) is 7.65. The normalized spacial score (nSPS) is 15.6. The Morgan fingerprint density at radius 1 is 1.27 bits per heavy atom. The minimum absolute atomic E-state index is 0.0347. The van der Waals surface area contributed by atoms with Crippen LogP contribution in [-0.2, 0) is 6.42 Å². The fourth-order valence-corrected chi connectivity index (χ4v) is 3.05. The molecule has 136 valence electrons. The molecule has 1 heterocycles. The van der Waals surface area contributed by atoms with Gasteiger partial charge in [-0.1, -0.05) is 0 Å². The van der Waals surface area contributed by atoms with Crippen molar-refractivity contribution in [3.05, 3.63) is 59.2 Å². The number of rotatable bonds is 6. The number of hydrogen-bond donors (Lipinski definition) is 0. The first-order valence-electron chi connectivity index (χ1n) is 8.94. The first-order valence-corrected chi connectivity index (χ1v) is 8.94. The molecule has 0 N–H and O–H groups in total. The standard InChI is InChI=1S/C22H25NO3/c1-5-25-21-14-18-12-15(2)26-22(18)13-17(21)8-11-20(24)16-6-9-19(10-7-16)23(3)4/h6-11,13-15H,5,12H2,1-4H3. The number of hydrogen-bond acceptors (Lipinski definition) is 4. The minimum Gasteiger partial charge on any atom is -0.493 e. The molecule has 1 atom stereocenters. The van der Waals surface area contributed by atoms with Crippen molar-refractivity contribution in [1.82, 2.24) is 0 Å². The Bertz CT molecular complexity index is 822. The molecule has 0 aromatic heterocycles. The quantitative estimate of drug-likeness (QED) is 0.572. The molecule has 0 amide bonds. The number of anilines is 1. The molecule has 0 saturated heterocycles. The first-order chi connectivity index (χ1) is 12.5. The average Bonchev–Trinajstić information content (AvgIpc) is 2.98. The van der Waals surface area contributed by atoms with Gasteiger partial charge in [0, 0.05) is 42.9 Å². The monoisotopic (exact) mass is 351 g/mol. The minimum atomic E-state index is -0.0347. The summed E-state index contributed by atoms with van der Waals surface area (Å²) < 4.78 is 11.6. The van der Waals surface area contributed by atoms with Gasteiger partial charge < -0.3 is 14.4 Å². The maximum Gasteiger partial charge on any atom is 0.185 e. The fraction of sp³-hybridized carbons (Fsp3) is 0.318. The number of allylic oxidation sites excluding steroid dienone is 1. The van der Waals surface area contributed by atoms with E-state index in [1.165, 1.54) is 0 Å². The highest BCUT2D eigenvalue weighted by Gasteiger charge is 2.21. The van der Waals surface area contributed by atoms with Crippen LogP contribution in [0.3, 0.4) is 0 Å². The van der Waals surface area contributed by atoms with Crippen LogP contribution in [0.1, 0.15) is 35.3 Å². The van der Waals surface area contributed by atoms with E-state index in [4.69, 9.17) is 9.47 Å². The Morgan fingerprint density at radius 3 is 2.65 bits per heavy atom. The molecule has 0 spiro atoms. The Morgan fingerprint density at radius 2 is 2.00 bits per heavy atom. The molecule has 0 saturated carbocycles. The molecule has 0 bridgehead atoms. The number of fused-ring (bicyclic) bond motifs is 1. The molecule has 1 unspecified atom stereocenters. The van der Waals surface area contributed by atoms with Crippen molar-refractivity contribution in [3.63, 3.8) is 0 Å². The van der Waals surface area contributed by atoms with Gasteiger partial charge in [0.15, 0.2) is 5.78 Å². The van der Waals surface area contributed by atoms with Crippen LogP contribution in [0.2, 0.25) is 0 Å². The third-order valence-corrected chi connectivity index (χ3v) is 4.41. The first kappa shape index (κ1) is 18.1. The Hall–Kier alpha value is -2.75. The molecule has 2 aromatic rings. The van der Waals surface area contributed by atoms with Crippen LogP contribution in [0.15, 0.2) is 42.5 Å². The van der Waals surface area contributed by atoms with Gasteiger partial charge in [-0.05, 0) is 62.4 Å². The van der Waals surface area contributed by atoms with Crippen molar-refractivity contribution < 1.29 is 14.3 Å². The molecule has 3 rings (SSSR count). The molecule has 4 nitrogen and oxygen atoms in total. The summed E-state index contributed by atoms with van der Waals surface area (Å²) in [5.74, 6) is 1.63. The maximum absolute atomic E-state index is 12.5. The zero-order valence-electron chi connectivity index (χ0n) is 15.8. The lowest BCUT2D eigenvalue weighted by atomic mass is 10.0. The van der Waals surface area contributed by atoms with Gasteiger partial charge in [0.25, 0.3) is 0 Å². The average molecular weight is 351 g/mol. The second-order valence-corrected chi connectivity index (χ2v) is 6.70.